The molecule has 0 aliphatic carbocycles. The van der Waals surface area contributed by atoms with E-state index < -0.39 is 90.4 Å². The van der Waals surface area contributed by atoms with Crippen molar-refractivity contribution in [3.05, 3.63) is 76.1 Å². The second kappa shape index (κ2) is 8.76. The van der Waals surface area contributed by atoms with Crippen LogP contribution >= 0.6 is 0 Å². The van der Waals surface area contributed by atoms with Gasteiger partial charge < -0.3 is 4.74 Å². The highest BCUT2D eigenvalue weighted by Crippen LogP contribution is 2.38. The highest BCUT2D eigenvalue weighted by atomic mass is 19.2. The largest absolute Gasteiger partial charge is 0.373 e. The zero-order valence-electron chi connectivity index (χ0n) is 29.6. The fourth-order valence-electron chi connectivity index (χ4n) is 3.98. The topological polar surface area (TPSA) is 73.7 Å². The molecule has 5 rings (SSSR count). The van der Waals surface area contributed by atoms with Gasteiger partial charge in [0.05, 0.1) is 17.5 Å². The van der Waals surface area contributed by atoms with Crippen LogP contribution in [0.1, 0.15) is 75.3 Å². The SMILES string of the molecule is [2H]C([2H])([2H])c1cc([C@@H]2C[C@H](c3nc(-c4ccc(C([2H])([2H])[2H])c(F)c4F)c4nc(C([2H])([2H])[2H])c(C([2H])([2H])[2H])nc4n3)CCO2)ccn1. The Morgan fingerprint density at radius 3 is 2.68 bits per heavy atom. The number of pyridine rings is 1. The van der Waals surface area contributed by atoms with Gasteiger partial charge in [-0.1, -0.05) is 6.07 Å². The molecule has 0 spiro atoms. The van der Waals surface area contributed by atoms with Crippen molar-refractivity contribution < 1.29 is 30.0 Å². The van der Waals surface area contributed by atoms with Crippen LogP contribution in [-0.4, -0.2) is 31.5 Å². The molecule has 0 saturated carbocycles. The lowest BCUT2D eigenvalue weighted by Gasteiger charge is -2.29. The van der Waals surface area contributed by atoms with Gasteiger partial charge >= 0.3 is 0 Å². The number of hydrogen-bond donors (Lipinski definition) is 0. The van der Waals surface area contributed by atoms with E-state index in [2.05, 4.69) is 24.9 Å². The van der Waals surface area contributed by atoms with Crippen molar-refractivity contribution in [1.29, 1.82) is 0 Å². The molecular weight excluding hydrogens is 436 g/mol. The summed E-state index contributed by atoms with van der Waals surface area (Å²) in [5.74, 6) is -3.85. The van der Waals surface area contributed by atoms with Gasteiger partial charge in [0.2, 0.25) is 0 Å². The zero-order valence-corrected chi connectivity index (χ0v) is 17.6. The van der Waals surface area contributed by atoms with Gasteiger partial charge in [0.25, 0.3) is 0 Å². The van der Waals surface area contributed by atoms with Crippen molar-refractivity contribution in [2.24, 2.45) is 0 Å². The number of aromatic nitrogens is 5. The van der Waals surface area contributed by atoms with Gasteiger partial charge in [0, 0.05) is 46.4 Å². The first-order valence-corrected chi connectivity index (χ1v) is 10.3. The number of hydrogen-bond acceptors (Lipinski definition) is 6. The molecule has 4 aromatic rings. The molecule has 1 aromatic carbocycles. The van der Waals surface area contributed by atoms with Crippen molar-refractivity contribution in [3.8, 4) is 11.3 Å². The van der Waals surface area contributed by atoms with E-state index >= 15 is 8.78 Å². The lowest BCUT2D eigenvalue weighted by atomic mass is 9.91. The van der Waals surface area contributed by atoms with E-state index in [1.54, 1.807) is 6.07 Å². The minimum absolute atomic E-state index is 0.00645. The molecule has 0 N–H and O–H groups in total. The standard InChI is InChI=1S/C26H25F2N5O/c1-13-5-6-19(22(28)21(13)27)23-24-26(31-16(4)15(3)30-24)33-25(32-23)18-8-10-34-20(12-18)17-7-9-29-14(2)11-17/h5-7,9,11,18,20H,8,10,12H2,1-4H3/t18-,20+/m1/s1/i1D3,2D3,3D3,4D3. The van der Waals surface area contributed by atoms with Crippen molar-refractivity contribution in [3.63, 3.8) is 0 Å². The molecule has 174 valence electrons. The van der Waals surface area contributed by atoms with Gasteiger partial charge in [-0.2, -0.15) is 0 Å². The molecule has 1 aliphatic rings. The van der Waals surface area contributed by atoms with Gasteiger partial charge in [0.1, 0.15) is 17.0 Å². The highest BCUT2D eigenvalue weighted by molar-refractivity contribution is 5.87. The average molecular weight is 474 g/mol. The molecule has 3 aromatic heterocycles. The van der Waals surface area contributed by atoms with Crippen LogP contribution in [0.2, 0.25) is 0 Å². The monoisotopic (exact) mass is 473 g/mol. The molecule has 0 amide bonds. The van der Waals surface area contributed by atoms with Crippen molar-refractivity contribution in [1.82, 2.24) is 24.9 Å². The molecule has 4 heterocycles. The van der Waals surface area contributed by atoms with E-state index in [0.717, 1.165) is 12.1 Å². The molecule has 6 nitrogen and oxygen atoms in total. The Morgan fingerprint density at radius 2 is 1.85 bits per heavy atom. The fraction of sp³-hybridized carbons (Fsp3) is 0.346. The fourth-order valence-corrected chi connectivity index (χ4v) is 3.98. The third-order valence-electron chi connectivity index (χ3n) is 5.69. The molecule has 1 aliphatic heterocycles. The summed E-state index contributed by atoms with van der Waals surface area (Å²) in [6.07, 6.45) is 1.17. The second-order valence-electron chi connectivity index (χ2n) is 7.87. The Balaban J connectivity index is 1.72. The van der Waals surface area contributed by atoms with E-state index in [9.17, 15) is 0 Å². The Morgan fingerprint density at radius 1 is 0.971 bits per heavy atom. The maximum atomic E-state index is 15.6. The Kier molecular flexibility index (Phi) is 3.18. The quantitative estimate of drug-likeness (QED) is 0.384. The van der Waals surface area contributed by atoms with E-state index in [4.69, 9.17) is 21.2 Å². The number of nitrogens with zero attached hydrogens (tertiary/aromatic N) is 5. The summed E-state index contributed by atoms with van der Waals surface area (Å²) in [7, 11) is 0. The molecule has 1 fully saturated rings. The first-order chi connectivity index (χ1) is 21.2. The predicted octanol–water partition coefficient (Wildman–Crippen LogP) is 5.63. The van der Waals surface area contributed by atoms with E-state index in [1.165, 1.54) is 12.3 Å². The molecule has 8 heteroatoms. The Hall–Kier alpha value is -3.39. The lowest BCUT2D eigenvalue weighted by Crippen LogP contribution is -2.21. The predicted molar refractivity (Wildman–Crippen MR) is 124 cm³/mol. The average Bonchev–Trinajstić information content (AvgIpc) is 2.95. The molecule has 34 heavy (non-hydrogen) atoms. The third kappa shape index (κ3) is 4.03. The molecule has 0 unspecified atom stereocenters. The van der Waals surface area contributed by atoms with Crippen LogP contribution in [0, 0.1) is 39.0 Å². The van der Waals surface area contributed by atoms with Crippen molar-refractivity contribution in [2.45, 2.75) is 52.3 Å². The van der Waals surface area contributed by atoms with Crippen LogP contribution in [0.3, 0.4) is 0 Å². The number of fused-ring (bicyclic) bond motifs is 1. The molecule has 1 saturated heterocycles. The van der Waals surface area contributed by atoms with Gasteiger partial charge in [-0.3, -0.25) is 4.98 Å². The van der Waals surface area contributed by atoms with Gasteiger partial charge in [-0.05, 0) is 69.6 Å². The zero-order chi connectivity index (χ0) is 34.0. The van der Waals surface area contributed by atoms with Gasteiger partial charge in [-0.25, -0.2) is 28.7 Å². The second-order valence-corrected chi connectivity index (χ2v) is 7.87. The van der Waals surface area contributed by atoms with Gasteiger partial charge in [-0.15, -0.1) is 0 Å². The molecular formula is C26H25F2N5O. The summed E-state index contributed by atoms with van der Waals surface area (Å²) in [6.45, 7) is -11.4. The third-order valence-corrected chi connectivity index (χ3v) is 5.69. The summed E-state index contributed by atoms with van der Waals surface area (Å²) in [6, 6.07) is 4.78. The van der Waals surface area contributed by atoms with E-state index in [-0.39, 0.29) is 24.5 Å². The summed E-state index contributed by atoms with van der Waals surface area (Å²) in [4.78, 5) is 20.8. The maximum absolute atomic E-state index is 15.6. The first kappa shape index (κ1) is 12.4. The number of halogens is 2. The van der Waals surface area contributed by atoms with E-state index in [1.807, 2.05) is 0 Å². The maximum Gasteiger partial charge on any atom is 0.182 e. The van der Waals surface area contributed by atoms with Crippen LogP contribution in [0.25, 0.3) is 22.4 Å². The van der Waals surface area contributed by atoms with E-state index in [0.29, 0.717) is 12.0 Å². The smallest absolute Gasteiger partial charge is 0.182 e. The normalized spacial score (nSPS) is 25.1. The van der Waals surface area contributed by atoms with Crippen LogP contribution in [0.15, 0.2) is 30.5 Å². The summed E-state index contributed by atoms with van der Waals surface area (Å²) in [5.41, 5.74) is -4.16. The molecule has 0 radical (unpaired) electrons. The summed E-state index contributed by atoms with van der Waals surface area (Å²) >= 11 is 0. The number of aryl methyl sites for hydroxylation is 4. The minimum atomic E-state index is -3.08. The number of rotatable bonds is 3. The van der Waals surface area contributed by atoms with Gasteiger partial charge in [0.15, 0.2) is 17.3 Å². The van der Waals surface area contributed by atoms with Crippen molar-refractivity contribution >= 4 is 11.2 Å². The van der Waals surface area contributed by atoms with Crippen molar-refractivity contribution in [2.75, 3.05) is 6.61 Å². The molecule has 2 atom stereocenters. The Bertz CT molecular complexity index is 1810. The van der Waals surface area contributed by atoms with Crippen LogP contribution in [-0.2, 0) is 4.74 Å². The highest BCUT2D eigenvalue weighted by Gasteiger charge is 2.29. The number of ether oxygens (including phenoxy) is 1. The molecule has 0 bridgehead atoms. The van der Waals surface area contributed by atoms with Crippen LogP contribution < -0.4 is 0 Å². The summed E-state index contributed by atoms with van der Waals surface area (Å²) in [5, 5.41) is 0. The van der Waals surface area contributed by atoms with Crippen LogP contribution in [0.5, 0.6) is 0 Å². The van der Waals surface area contributed by atoms with Crippen LogP contribution in [0.4, 0.5) is 8.78 Å². The summed E-state index contributed by atoms with van der Waals surface area (Å²) < 4.78 is 129. The Labute approximate surface area is 213 Å². The minimum Gasteiger partial charge on any atom is -0.373 e. The lowest BCUT2D eigenvalue weighted by molar-refractivity contribution is 0.00393. The first-order valence-electron chi connectivity index (χ1n) is 16.3. The number of benzene rings is 1.